The Labute approximate surface area is 156 Å². The molecule has 0 fully saturated rings. The van der Waals surface area contributed by atoms with E-state index >= 15 is 0 Å². The molecule has 1 aliphatic rings. The second-order valence-electron chi connectivity index (χ2n) is 5.42. The van der Waals surface area contributed by atoms with Gasteiger partial charge in [0.05, 0.1) is 0 Å². The molecule has 2 heterocycles. The van der Waals surface area contributed by atoms with Crippen molar-refractivity contribution in [2.75, 3.05) is 6.61 Å². The molecule has 2 rings (SSSR count). The number of ether oxygens (including phenoxy) is 1. The van der Waals surface area contributed by atoms with Crippen molar-refractivity contribution in [3.05, 3.63) is 35.1 Å². The molecule has 8 nitrogen and oxygen atoms in total. The average Bonchev–Trinajstić information content (AvgIpc) is 2.54. The van der Waals surface area contributed by atoms with E-state index in [1.807, 2.05) is 0 Å². The smallest absolute Gasteiger partial charge is 0.422 e. The molecule has 0 aromatic carbocycles. The largest absolute Gasteiger partial charge is 0.477 e. The lowest BCUT2D eigenvalue weighted by Crippen LogP contribution is -2.46. The molecule has 1 aromatic heterocycles. The Morgan fingerprint density at radius 3 is 2.70 bits per heavy atom. The van der Waals surface area contributed by atoms with Crippen LogP contribution < -0.4 is 10.1 Å². The molecule has 0 spiro atoms. The van der Waals surface area contributed by atoms with E-state index < -0.39 is 30.9 Å². The first-order chi connectivity index (χ1) is 12.5. The summed E-state index contributed by atoms with van der Waals surface area (Å²) in [6, 6.07) is 1.36. The molecule has 27 heavy (non-hydrogen) atoms. The number of aliphatic imine (C=N–C) groups is 1. The van der Waals surface area contributed by atoms with E-state index in [-0.39, 0.29) is 23.2 Å². The molecule has 1 atom stereocenters. The monoisotopic (exact) mass is 406 g/mol. The Kier molecular flexibility index (Phi) is 6.26. The molecule has 1 unspecified atom stereocenters. The number of carboxylic acids is 1. The van der Waals surface area contributed by atoms with Gasteiger partial charge in [-0.15, -0.1) is 0 Å². The van der Waals surface area contributed by atoms with Gasteiger partial charge >= 0.3 is 12.1 Å². The van der Waals surface area contributed by atoms with Crippen molar-refractivity contribution in [1.29, 1.82) is 0 Å². The Morgan fingerprint density at radius 1 is 1.44 bits per heavy atom. The molecular weight excluding hydrogens is 393 g/mol. The number of hydrogen-bond donors (Lipinski definition) is 2. The molecular formula is C15H14ClF3N4O4. The third-order valence-corrected chi connectivity index (χ3v) is 3.42. The maximum atomic E-state index is 12.2. The summed E-state index contributed by atoms with van der Waals surface area (Å²) in [6.45, 7) is -0.174. The van der Waals surface area contributed by atoms with Crippen LogP contribution in [0.15, 0.2) is 29.5 Å². The van der Waals surface area contributed by atoms with Crippen LogP contribution >= 0.6 is 11.6 Å². The number of nitrogens with zero attached hydrogens (tertiary/aromatic N) is 3. The first-order valence-corrected chi connectivity index (χ1v) is 7.79. The van der Waals surface area contributed by atoms with Crippen LogP contribution in [0.2, 0.25) is 5.02 Å². The van der Waals surface area contributed by atoms with Crippen LogP contribution in [0.25, 0.3) is 0 Å². The third-order valence-electron chi connectivity index (χ3n) is 3.15. The summed E-state index contributed by atoms with van der Waals surface area (Å²) in [5, 5.41) is 11.4. The van der Waals surface area contributed by atoms with Crippen LogP contribution in [0.5, 0.6) is 5.88 Å². The lowest BCUT2D eigenvalue weighted by atomic mass is 10.2. The van der Waals surface area contributed by atoms with E-state index in [0.717, 1.165) is 0 Å². The summed E-state index contributed by atoms with van der Waals surface area (Å²) < 4.78 is 41.1. The topological polar surface area (TPSA) is 104 Å². The first-order valence-electron chi connectivity index (χ1n) is 7.41. The standard InChI is InChI=1S/C15H14ClF3N4O4/c1-8(24)21-14-22-11(13(25)26)2-3-23(14)6-9-4-10(16)12(20-5-9)27-7-15(17,18)19/h2-5,14H,6-7H2,1H3,(H,21,24)(H,25,26). The van der Waals surface area contributed by atoms with Gasteiger partial charge in [-0.3, -0.25) is 4.79 Å². The number of carbonyl (C=O) groups is 2. The minimum absolute atomic E-state index is 0.101. The van der Waals surface area contributed by atoms with Gasteiger partial charge in [-0.1, -0.05) is 11.6 Å². The SMILES string of the molecule is CC(=O)NC1N=C(C(=O)O)C=CN1Cc1cnc(OCC(F)(F)F)c(Cl)c1. The zero-order valence-electron chi connectivity index (χ0n) is 13.8. The minimum atomic E-state index is -4.52. The zero-order chi connectivity index (χ0) is 20.2. The number of hydrogen-bond acceptors (Lipinski definition) is 6. The van der Waals surface area contributed by atoms with Crippen molar-refractivity contribution >= 4 is 29.2 Å². The van der Waals surface area contributed by atoms with Crippen LogP contribution in [0, 0.1) is 0 Å². The highest BCUT2D eigenvalue weighted by Gasteiger charge is 2.29. The molecule has 2 N–H and O–H groups in total. The Hall–Kier alpha value is -2.82. The van der Waals surface area contributed by atoms with Gasteiger partial charge in [0, 0.05) is 25.9 Å². The highest BCUT2D eigenvalue weighted by molar-refractivity contribution is 6.40. The molecule has 12 heteroatoms. The number of pyridine rings is 1. The number of alkyl halides is 3. The second kappa shape index (κ2) is 8.25. The molecule has 0 saturated carbocycles. The number of nitrogens with one attached hydrogen (secondary N) is 1. The van der Waals surface area contributed by atoms with Crippen molar-refractivity contribution in [3.63, 3.8) is 0 Å². The van der Waals surface area contributed by atoms with E-state index in [4.69, 9.17) is 16.7 Å². The van der Waals surface area contributed by atoms with E-state index in [1.165, 1.54) is 36.4 Å². The highest BCUT2D eigenvalue weighted by atomic mass is 35.5. The van der Waals surface area contributed by atoms with E-state index in [9.17, 15) is 22.8 Å². The lowest BCUT2D eigenvalue weighted by Gasteiger charge is -2.30. The molecule has 1 amide bonds. The number of aliphatic carboxylic acids is 1. The fourth-order valence-corrected chi connectivity index (χ4v) is 2.32. The first kappa shape index (κ1) is 20.5. The predicted octanol–water partition coefficient (Wildman–Crippen LogP) is 1.95. The van der Waals surface area contributed by atoms with Gasteiger partial charge in [-0.2, -0.15) is 13.2 Å². The predicted molar refractivity (Wildman–Crippen MR) is 88.2 cm³/mol. The quantitative estimate of drug-likeness (QED) is 0.748. The molecule has 0 saturated heterocycles. The Bertz CT molecular complexity index is 798. The highest BCUT2D eigenvalue weighted by Crippen LogP contribution is 2.26. The fourth-order valence-electron chi connectivity index (χ4n) is 2.08. The normalized spacial score (nSPS) is 16.7. The zero-order valence-corrected chi connectivity index (χ0v) is 14.6. The summed E-state index contributed by atoms with van der Waals surface area (Å²) in [4.78, 5) is 31.5. The van der Waals surface area contributed by atoms with Gasteiger partial charge < -0.3 is 20.1 Å². The van der Waals surface area contributed by atoms with E-state index in [2.05, 4.69) is 20.0 Å². The number of aromatic nitrogens is 1. The van der Waals surface area contributed by atoms with Crippen molar-refractivity contribution in [2.45, 2.75) is 25.9 Å². The van der Waals surface area contributed by atoms with Gasteiger partial charge in [-0.05, 0) is 17.7 Å². The number of amides is 1. The molecule has 1 aromatic rings. The molecule has 0 bridgehead atoms. The number of carboxylic acid groups (broad SMARTS) is 1. The van der Waals surface area contributed by atoms with Crippen LogP contribution in [-0.2, 0) is 16.1 Å². The van der Waals surface area contributed by atoms with Crippen molar-refractivity contribution < 1.29 is 32.6 Å². The molecule has 0 radical (unpaired) electrons. The van der Waals surface area contributed by atoms with Crippen LogP contribution in [-0.4, -0.2) is 51.7 Å². The number of rotatable bonds is 6. The molecule has 146 valence electrons. The van der Waals surface area contributed by atoms with E-state index in [0.29, 0.717) is 5.56 Å². The maximum Gasteiger partial charge on any atom is 0.422 e. The number of carbonyl (C=O) groups excluding carboxylic acids is 1. The van der Waals surface area contributed by atoms with Gasteiger partial charge in [0.1, 0.15) is 10.7 Å². The second-order valence-corrected chi connectivity index (χ2v) is 5.82. The summed E-state index contributed by atoms with van der Waals surface area (Å²) in [5.74, 6) is -2.05. The van der Waals surface area contributed by atoms with Gasteiger partial charge in [0.25, 0.3) is 0 Å². The Balaban J connectivity index is 2.13. The fraction of sp³-hybridized carbons (Fsp3) is 0.333. The lowest BCUT2D eigenvalue weighted by molar-refractivity contribution is -0.154. The van der Waals surface area contributed by atoms with Gasteiger partial charge in [-0.25, -0.2) is 14.8 Å². The van der Waals surface area contributed by atoms with Crippen molar-refractivity contribution in [1.82, 2.24) is 15.2 Å². The van der Waals surface area contributed by atoms with Gasteiger partial charge in [0.15, 0.2) is 12.9 Å². The summed E-state index contributed by atoms with van der Waals surface area (Å²) in [5.41, 5.74) is 0.241. The molecule has 0 aliphatic carbocycles. The molecule has 1 aliphatic heterocycles. The van der Waals surface area contributed by atoms with Crippen LogP contribution in [0.1, 0.15) is 12.5 Å². The average molecular weight is 407 g/mol. The maximum absolute atomic E-state index is 12.2. The number of halogens is 4. The third kappa shape index (κ3) is 6.13. The Morgan fingerprint density at radius 2 is 2.15 bits per heavy atom. The summed E-state index contributed by atoms with van der Waals surface area (Å²) in [7, 11) is 0. The van der Waals surface area contributed by atoms with Crippen molar-refractivity contribution in [3.8, 4) is 5.88 Å². The van der Waals surface area contributed by atoms with E-state index in [1.54, 1.807) is 0 Å². The van der Waals surface area contributed by atoms with Crippen LogP contribution in [0.3, 0.4) is 0 Å². The van der Waals surface area contributed by atoms with Gasteiger partial charge in [0.2, 0.25) is 11.8 Å². The summed E-state index contributed by atoms with van der Waals surface area (Å²) >= 11 is 5.89. The van der Waals surface area contributed by atoms with Crippen LogP contribution in [0.4, 0.5) is 13.2 Å². The summed E-state index contributed by atoms with van der Waals surface area (Å²) in [6.07, 6.45) is -1.57. The minimum Gasteiger partial charge on any atom is -0.477 e. The van der Waals surface area contributed by atoms with Crippen molar-refractivity contribution in [2.24, 2.45) is 4.99 Å².